The van der Waals surface area contributed by atoms with E-state index in [0.29, 0.717) is 30.1 Å². The maximum atomic E-state index is 13.3. The van der Waals surface area contributed by atoms with E-state index in [0.717, 1.165) is 22.6 Å². The molecule has 164 valence electrons. The Hall–Kier alpha value is -4.46. The van der Waals surface area contributed by atoms with Crippen LogP contribution in [0.15, 0.2) is 90.0 Å². The fraction of sp³-hybridized carbons (Fsp3) is 0.120. The van der Waals surface area contributed by atoms with Crippen LogP contribution < -0.4 is 5.32 Å². The van der Waals surface area contributed by atoms with Crippen molar-refractivity contribution >= 4 is 5.91 Å². The van der Waals surface area contributed by atoms with E-state index in [4.69, 9.17) is 4.42 Å². The molecule has 0 aliphatic heterocycles. The molecule has 3 aromatic heterocycles. The number of aryl methyl sites for hydroxylation is 1. The molecule has 5 aromatic rings. The summed E-state index contributed by atoms with van der Waals surface area (Å²) in [4.78, 5) is 17.3. The second kappa shape index (κ2) is 8.96. The number of furan rings is 1. The predicted octanol–water partition coefficient (Wildman–Crippen LogP) is 4.01. The largest absolute Gasteiger partial charge is 0.460 e. The summed E-state index contributed by atoms with van der Waals surface area (Å²) in [5.74, 6) is 1.09. The van der Waals surface area contributed by atoms with E-state index < -0.39 is 0 Å². The van der Waals surface area contributed by atoms with Crippen LogP contribution in [0.1, 0.15) is 27.2 Å². The van der Waals surface area contributed by atoms with E-state index in [2.05, 4.69) is 20.5 Å². The molecule has 0 radical (unpaired) electrons. The molecule has 0 spiro atoms. The van der Waals surface area contributed by atoms with Crippen molar-refractivity contribution in [1.82, 2.24) is 29.9 Å². The van der Waals surface area contributed by atoms with Crippen LogP contribution in [0.25, 0.3) is 17.1 Å². The van der Waals surface area contributed by atoms with Gasteiger partial charge in [0, 0.05) is 12.7 Å². The Bertz CT molecular complexity index is 1370. The first kappa shape index (κ1) is 20.4. The smallest absolute Gasteiger partial charge is 0.255 e. The third-order valence-corrected chi connectivity index (χ3v) is 5.31. The van der Waals surface area contributed by atoms with Crippen LogP contribution in [-0.4, -0.2) is 30.5 Å². The van der Waals surface area contributed by atoms with Crippen molar-refractivity contribution in [3.05, 3.63) is 108 Å². The Morgan fingerprint density at radius 1 is 1.00 bits per heavy atom. The molecule has 5 rings (SSSR count). The highest BCUT2D eigenvalue weighted by molar-refractivity contribution is 5.99. The number of carbonyl (C=O) groups excluding carboxylic acids is 1. The number of hydrogen-bond donors (Lipinski definition) is 1. The summed E-state index contributed by atoms with van der Waals surface area (Å²) in [6.45, 7) is 2.81. The number of para-hydroxylation sites is 1. The van der Waals surface area contributed by atoms with Gasteiger partial charge in [0.05, 0.1) is 17.8 Å². The van der Waals surface area contributed by atoms with Gasteiger partial charge in [-0.1, -0.05) is 42.5 Å². The van der Waals surface area contributed by atoms with Gasteiger partial charge in [0.15, 0.2) is 5.76 Å². The molecule has 2 aromatic carbocycles. The van der Waals surface area contributed by atoms with Gasteiger partial charge in [-0.25, -0.2) is 14.3 Å². The minimum absolute atomic E-state index is 0.225. The third kappa shape index (κ3) is 4.45. The SMILES string of the molecule is Cc1ccc(-c2nn(-c3ccccc3)cc2C(=O)NCc2ccccc2Cn2cncn2)o1. The fourth-order valence-electron chi connectivity index (χ4n) is 3.64. The van der Waals surface area contributed by atoms with Crippen LogP contribution in [0, 0.1) is 6.92 Å². The van der Waals surface area contributed by atoms with E-state index in [9.17, 15) is 4.79 Å². The minimum Gasteiger partial charge on any atom is -0.460 e. The molecule has 3 heterocycles. The lowest BCUT2D eigenvalue weighted by molar-refractivity contribution is 0.0951. The van der Waals surface area contributed by atoms with Gasteiger partial charge in [0.2, 0.25) is 0 Å². The van der Waals surface area contributed by atoms with Gasteiger partial charge in [-0.3, -0.25) is 4.79 Å². The molecule has 1 N–H and O–H groups in total. The third-order valence-electron chi connectivity index (χ3n) is 5.31. The quantitative estimate of drug-likeness (QED) is 0.415. The zero-order chi connectivity index (χ0) is 22.6. The lowest BCUT2D eigenvalue weighted by Gasteiger charge is -2.10. The van der Waals surface area contributed by atoms with Crippen molar-refractivity contribution in [2.45, 2.75) is 20.0 Å². The van der Waals surface area contributed by atoms with E-state index >= 15 is 0 Å². The Balaban J connectivity index is 1.41. The number of aromatic nitrogens is 5. The van der Waals surface area contributed by atoms with Gasteiger partial charge in [-0.2, -0.15) is 10.2 Å². The van der Waals surface area contributed by atoms with Crippen molar-refractivity contribution in [1.29, 1.82) is 0 Å². The van der Waals surface area contributed by atoms with E-state index in [1.807, 2.05) is 73.7 Å². The van der Waals surface area contributed by atoms with Gasteiger partial charge >= 0.3 is 0 Å². The van der Waals surface area contributed by atoms with Gasteiger partial charge in [0.1, 0.15) is 24.1 Å². The molecular formula is C25H22N6O2. The normalized spacial score (nSPS) is 10.9. The molecule has 1 amide bonds. The standard InChI is InChI=1S/C25H22N6O2/c1-18-11-12-23(33-18)24-22(15-31(29-24)21-9-3-2-4-10-21)25(32)27-13-19-7-5-6-8-20(19)14-30-17-26-16-28-30/h2-12,15-17H,13-14H2,1H3,(H,27,32). The van der Waals surface area contributed by atoms with Crippen molar-refractivity contribution in [3.8, 4) is 17.1 Å². The van der Waals surface area contributed by atoms with Gasteiger partial charge < -0.3 is 9.73 Å². The maximum Gasteiger partial charge on any atom is 0.255 e. The molecule has 0 bridgehead atoms. The summed E-state index contributed by atoms with van der Waals surface area (Å²) < 4.78 is 9.23. The minimum atomic E-state index is -0.225. The maximum absolute atomic E-state index is 13.3. The number of hydrogen-bond acceptors (Lipinski definition) is 5. The molecule has 0 fully saturated rings. The van der Waals surface area contributed by atoms with Crippen LogP contribution in [0.4, 0.5) is 0 Å². The Kier molecular flexibility index (Phi) is 5.55. The zero-order valence-corrected chi connectivity index (χ0v) is 18.0. The van der Waals surface area contributed by atoms with Crippen LogP contribution in [0.3, 0.4) is 0 Å². The molecule has 0 aliphatic rings. The van der Waals surface area contributed by atoms with Crippen LogP contribution >= 0.6 is 0 Å². The number of nitrogens with zero attached hydrogens (tertiary/aromatic N) is 5. The van der Waals surface area contributed by atoms with Crippen molar-refractivity contribution in [2.75, 3.05) is 0 Å². The number of carbonyl (C=O) groups is 1. The summed E-state index contributed by atoms with van der Waals surface area (Å²) in [5, 5.41) is 11.9. The first-order chi connectivity index (χ1) is 16.2. The van der Waals surface area contributed by atoms with E-state index in [-0.39, 0.29) is 5.91 Å². The van der Waals surface area contributed by atoms with Gasteiger partial charge in [-0.05, 0) is 42.3 Å². The van der Waals surface area contributed by atoms with Crippen LogP contribution in [0.5, 0.6) is 0 Å². The lowest BCUT2D eigenvalue weighted by Crippen LogP contribution is -2.24. The van der Waals surface area contributed by atoms with Crippen LogP contribution in [0.2, 0.25) is 0 Å². The molecule has 0 atom stereocenters. The molecule has 0 aliphatic carbocycles. The van der Waals surface area contributed by atoms with Gasteiger partial charge in [-0.15, -0.1) is 0 Å². The second-order valence-corrected chi connectivity index (χ2v) is 7.63. The average molecular weight is 438 g/mol. The lowest BCUT2D eigenvalue weighted by atomic mass is 10.1. The summed E-state index contributed by atoms with van der Waals surface area (Å²) in [7, 11) is 0. The number of amides is 1. The number of rotatable bonds is 7. The Morgan fingerprint density at radius 2 is 1.79 bits per heavy atom. The first-order valence-corrected chi connectivity index (χ1v) is 10.6. The molecule has 0 unspecified atom stereocenters. The first-order valence-electron chi connectivity index (χ1n) is 10.6. The summed E-state index contributed by atoms with van der Waals surface area (Å²) in [5.41, 5.74) is 3.87. The molecule has 0 saturated carbocycles. The second-order valence-electron chi connectivity index (χ2n) is 7.63. The topological polar surface area (TPSA) is 90.8 Å². The zero-order valence-electron chi connectivity index (χ0n) is 18.0. The van der Waals surface area contributed by atoms with Crippen molar-refractivity contribution < 1.29 is 9.21 Å². The molecule has 33 heavy (non-hydrogen) atoms. The molecule has 0 saturated heterocycles. The number of nitrogens with one attached hydrogen (secondary N) is 1. The number of benzene rings is 2. The highest BCUT2D eigenvalue weighted by Gasteiger charge is 2.21. The summed E-state index contributed by atoms with van der Waals surface area (Å²) >= 11 is 0. The highest BCUT2D eigenvalue weighted by atomic mass is 16.3. The van der Waals surface area contributed by atoms with Gasteiger partial charge in [0.25, 0.3) is 5.91 Å². The van der Waals surface area contributed by atoms with E-state index in [1.54, 1.807) is 21.9 Å². The summed E-state index contributed by atoms with van der Waals surface area (Å²) in [6, 6.07) is 21.3. The molecule has 8 nitrogen and oxygen atoms in total. The van der Waals surface area contributed by atoms with E-state index in [1.165, 1.54) is 6.33 Å². The highest BCUT2D eigenvalue weighted by Crippen LogP contribution is 2.26. The Labute approximate surface area is 190 Å². The Morgan fingerprint density at radius 3 is 2.52 bits per heavy atom. The van der Waals surface area contributed by atoms with Crippen molar-refractivity contribution in [3.63, 3.8) is 0 Å². The average Bonchev–Trinajstić information content (AvgIpc) is 3.60. The molecule has 8 heteroatoms. The fourth-order valence-corrected chi connectivity index (χ4v) is 3.64. The van der Waals surface area contributed by atoms with Crippen molar-refractivity contribution in [2.24, 2.45) is 0 Å². The predicted molar refractivity (Wildman–Crippen MR) is 123 cm³/mol. The monoisotopic (exact) mass is 438 g/mol. The molecular weight excluding hydrogens is 416 g/mol. The van der Waals surface area contributed by atoms with Crippen LogP contribution in [-0.2, 0) is 13.1 Å². The summed E-state index contributed by atoms with van der Waals surface area (Å²) in [6.07, 6.45) is 4.91.